The summed E-state index contributed by atoms with van der Waals surface area (Å²) in [6.07, 6.45) is 1.65. The molecule has 4 nitrogen and oxygen atoms in total. The first-order chi connectivity index (χ1) is 6.96. The average Bonchev–Trinajstić information content (AvgIpc) is 2.45. The topological polar surface area (TPSA) is 52.6 Å². The summed E-state index contributed by atoms with van der Waals surface area (Å²) in [6.45, 7) is 6.01. The zero-order valence-electron chi connectivity index (χ0n) is 9.92. The smallest absolute Gasteiger partial charge is 0.239 e. The number of hydrogen-bond donors (Lipinski definition) is 2. The van der Waals surface area contributed by atoms with E-state index in [0.717, 1.165) is 25.9 Å². The Morgan fingerprint density at radius 1 is 1.60 bits per heavy atom. The van der Waals surface area contributed by atoms with Crippen LogP contribution in [-0.4, -0.2) is 48.7 Å². The first-order valence-corrected chi connectivity index (χ1v) is 5.55. The molecule has 0 bridgehead atoms. The molecule has 1 unspecified atom stereocenters. The Bertz CT molecular complexity index is 229. The van der Waals surface area contributed by atoms with Crippen molar-refractivity contribution in [2.45, 2.75) is 32.7 Å². The number of amides is 1. The summed E-state index contributed by atoms with van der Waals surface area (Å²) in [5.41, 5.74) is 0.0518. The quantitative estimate of drug-likeness (QED) is 0.688. The van der Waals surface area contributed by atoms with Gasteiger partial charge in [-0.25, -0.2) is 0 Å². The number of nitrogens with zero attached hydrogens (tertiary/aromatic N) is 1. The molecule has 15 heavy (non-hydrogen) atoms. The highest BCUT2D eigenvalue weighted by Gasteiger charge is 2.30. The van der Waals surface area contributed by atoms with Crippen molar-refractivity contribution in [3.05, 3.63) is 0 Å². The van der Waals surface area contributed by atoms with E-state index < -0.39 is 0 Å². The number of aliphatic hydroxyl groups excluding tert-OH is 1. The van der Waals surface area contributed by atoms with Crippen molar-refractivity contribution in [3.8, 4) is 0 Å². The number of carbonyl (C=O) groups is 1. The van der Waals surface area contributed by atoms with Crippen molar-refractivity contribution in [1.82, 2.24) is 10.2 Å². The van der Waals surface area contributed by atoms with Crippen LogP contribution in [0.3, 0.4) is 0 Å². The lowest BCUT2D eigenvalue weighted by atomic mass is 9.89. The summed E-state index contributed by atoms with van der Waals surface area (Å²) in [5.74, 6) is 0.190. The number of hydrogen-bond acceptors (Lipinski definition) is 3. The normalized spacial score (nSPS) is 22.5. The minimum atomic E-state index is -0.0204. The molecular weight excluding hydrogens is 192 g/mol. The predicted molar refractivity (Wildman–Crippen MR) is 59.5 cm³/mol. The van der Waals surface area contributed by atoms with Crippen LogP contribution in [0.4, 0.5) is 0 Å². The minimum absolute atomic E-state index is 0.0204. The molecule has 2 N–H and O–H groups in total. The molecule has 1 heterocycles. The molecule has 4 heteroatoms. The lowest BCUT2D eigenvalue weighted by molar-refractivity contribution is -0.128. The Kier molecular flexibility index (Phi) is 4.11. The molecular formula is C11H22N2O2. The maximum absolute atomic E-state index is 11.6. The van der Waals surface area contributed by atoms with Gasteiger partial charge in [0.2, 0.25) is 5.91 Å². The second kappa shape index (κ2) is 4.94. The number of aliphatic hydroxyl groups is 1. The second-order valence-corrected chi connectivity index (χ2v) is 5.12. The number of likely N-dealkylation sites (tertiary alicyclic amines) is 1. The SMILES string of the molecule is CN1CCC(NCC(C)(C)CCO)C1=O. The van der Waals surface area contributed by atoms with E-state index in [1.807, 2.05) is 7.05 Å². The maximum Gasteiger partial charge on any atom is 0.239 e. The predicted octanol–water partition coefficient (Wildman–Crippen LogP) is 0.215. The van der Waals surface area contributed by atoms with E-state index in [1.165, 1.54) is 0 Å². The van der Waals surface area contributed by atoms with Crippen molar-refractivity contribution < 1.29 is 9.90 Å². The zero-order valence-corrected chi connectivity index (χ0v) is 9.92. The van der Waals surface area contributed by atoms with Crippen molar-refractivity contribution >= 4 is 5.91 Å². The van der Waals surface area contributed by atoms with E-state index in [9.17, 15) is 4.79 Å². The van der Waals surface area contributed by atoms with Gasteiger partial charge in [-0.05, 0) is 18.3 Å². The van der Waals surface area contributed by atoms with Gasteiger partial charge in [0.05, 0.1) is 6.04 Å². The average molecular weight is 214 g/mol. The van der Waals surface area contributed by atoms with Gasteiger partial charge in [0, 0.05) is 26.7 Å². The summed E-state index contributed by atoms with van der Waals surface area (Å²) < 4.78 is 0. The largest absolute Gasteiger partial charge is 0.396 e. The molecule has 1 atom stereocenters. The van der Waals surface area contributed by atoms with Crippen LogP contribution in [0.5, 0.6) is 0 Å². The molecule has 1 saturated heterocycles. The van der Waals surface area contributed by atoms with E-state index in [4.69, 9.17) is 5.11 Å². The molecule has 0 aliphatic carbocycles. The van der Waals surface area contributed by atoms with Crippen molar-refractivity contribution in [2.24, 2.45) is 5.41 Å². The molecule has 0 radical (unpaired) electrons. The van der Waals surface area contributed by atoms with E-state index in [-0.39, 0.29) is 24.0 Å². The van der Waals surface area contributed by atoms with Gasteiger partial charge in [-0.15, -0.1) is 0 Å². The highest BCUT2D eigenvalue weighted by Crippen LogP contribution is 2.19. The third-order valence-electron chi connectivity index (χ3n) is 3.04. The molecule has 1 fully saturated rings. The van der Waals surface area contributed by atoms with Crippen LogP contribution in [-0.2, 0) is 4.79 Å². The fraction of sp³-hybridized carbons (Fsp3) is 0.909. The fourth-order valence-electron chi connectivity index (χ4n) is 1.80. The Labute approximate surface area is 91.6 Å². The molecule has 1 rings (SSSR count). The van der Waals surface area contributed by atoms with Gasteiger partial charge in [0.25, 0.3) is 0 Å². The molecule has 0 aromatic heterocycles. The first kappa shape index (κ1) is 12.5. The van der Waals surface area contributed by atoms with E-state index >= 15 is 0 Å². The summed E-state index contributed by atoms with van der Waals surface area (Å²) in [6, 6.07) is -0.0204. The summed E-state index contributed by atoms with van der Waals surface area (Å²) in [4.78, 5) is 13.4. The van der Waals surface area contributed by atoms with Crippen molar-refractivity contribution in [2.75, 3.05) is 26.7 Å². The van der Waals surface area contributed by atoms with Gasteiger partial charge >= 0.3 is 0 Å². The van der Waals surface area contributed by atoms with Gasteiger partial charge in [0.15, 0.2) is 0 Å². The number of likely N-dealkylation sites (N-methyl/N-ethyl adjacent to an activating group) is 1. The third-order valence-corrected chi connectivity index (χ3v) is 3.04. The number of nitrogens with one attached hydrogen (secondary N) is 1. The Balaban J connectivity index is 2.34. The summed E-state index contributed by atoms with van der Waals surface area (Å²) in [5, 5.41) is 12.2. The van der Waals surface area contributed by atoms with Gasteiger partial charge < -0.3 is 15.3 Å². The molecule has 1 amide bonds. The van der Waals surface area contributed by atoms with Gasteiger partial charge in [-0.2, -0.15) is 0 Å². The monoisotopic (exact) mass is 214 g/mol. The number of carbonyl (C=O) groups excluding carboxylic acids is 1. The Morgan fingerprint density at radius 2 is 2.27 bits per heavy atom. The van der Waals surface area contributed by atoms with Crippen molar-refractivity contribution in [1.29, 1.82) is 0 Å². The highest BCUT2D eigenvalue weighted by molar-refractivity contribution is 5.83. The van der Waals surface area contributed by atoms with Crippen molar-refractivity contribution in [3.63, 3.8) is 0 Å². The van der Waals surface area contributed by atoms with Gasteiger partial charge in [-0.3, -0.25) is 4.79 Å². The van der Waals surface area contributed by atoms with Crippen LogP contribution >= 0.6 is 0 Å². The van der Waals surface area contributed by atoms with E-state index in [0.29, 0.717) is 0 Å². The van der Waals surface area contributed by atoms with Gasteiger partial charge in [0.1, 0.15) is 0 Å². The van der Waals surface area contributed by atoms with E-state index in [2.05, 4.69) is 19.2 Å². The van der Waals surface area contributed by atoms with Gasteiger partial charge in [-0.1, -0.05) is 13.8 Å². The molecule has 0 aromatic carbocycles. The lowest BCUT2D eigenvalue weighted by Gasteiger charge is -2.25. The van der Waals surface area contributed by atoms with E-state index in [1.54, 1.807) is 4.90 Å². The fourth-order valence-corrected chi connectivity index (χ4v) is 1.80. The van der Waals surface area contributed by atoms with Crippen LogP contribution in [0, 0.1) is 5.41 Å². The minimum Gasteiger partial charge on any atom is -0.396 e. The van der Waals surface area contributed by atoms with Crippen LogP contribution in [0.2, 0.25) is 0 Å². The van der Waals surface area contributed by atoms with Crippen LogP contribution in [0.25, 0.3) is 0 Å². The highest BCUT2D eigenvalue weighted by atomic mass is 16.3. The standard InChI is InChI=1S/C11H22N2O2/c1-11(2,5-7-14)8-12-9-4-6-13(3)10(9)15/h9,12,14H,4-8H2,1-3H3. The van der Waals surface area contributed by atoms with Crippen LogP contribution in [0.15, 0.2) is 0 Å². The summed E-state index contributed by atoms with van der Waals surface area (Å²) in [7, 11) is 1.84. The molecule has 0 saturated carbocycles. The Morgan fingerprint density at radius 3 is 2.73 bits per heavy atom. The number of rotatable bonds is 5. The lowest BCUT2D eigenvalue weighted by Crippen LogP contribution is -2.41. The Hall–Kier alpha value is -0.610. The maximum atomic E-state index is 11.6. The van der Waals surface area contributed by atoms with Crippen LogP contribution in [0.1, 0.15) is 26.7 Å². The third kappa shape index (κ3) is 3.47. The molecule has 0 aromatic rings. The molecule has 1 aliphatic rings. The zero-order chi connectivity index (χ0) is 11.5. The first-order valence-electron chi connectivity index (χ1n) is 5.55. The molecule has 1 aliphatic heterocycles. The molecule has 88 valence electrons. The summed E-state index contributed by atoms with van der Waals surface area (Å²) >= 11 is 0. The molecule has 0 spiro atoms. The van der Waals surface area contributed by atoms with Crippen LogP contribution < -0.4 is 5.32 Å². The second-order valence-electron chi connectivity index (χ2n) is 5.12.